The lowest BCUT2D eigenvalue weighted by Crippen LogP contribution is -2.52. The molecule has 1 aromatic rings. The lowest BCUT2D eigenvalue weighted by molar-refractivity contribution is -0.137. The van der Waals surface area contributed by atoms with Gasteiger partial charge in [0, 0.05) is 26.2 Å². The van der Waals surface area contributed by atoms with Crippen molar-refractivity contribution in [3.05, 3.63) is 29.3 Å². The van der Waals surface area contributed by atoms with E-state index in [0.717, 1.165) is 24.8 Å². The van der Waals surface area contributed by atoms with Gasteiger partial charge in [-0.05, 0) is 62.3 Å². The van der Waals surface area contributed by atoms with E-state index in [1.807, 2.05) is 12.1 Å². The minimum absolute atomic E-state index is 0.0849. The Hall–Kier alpha value is -0.820. The van der Waals surface area contributed by atoms with Gasteiger partial charge in [0.15, 0.2) is 0 Å². The van der Waals surface area contributed by atoms with Crippen LogP contribution in [0.5, 0.6) is 0 Å². The maximum absolute atomic E-state index is 13.0. The third kappa shape index (κ3) is 3.28. The third-order valence-electron chi connectivity index (χ3n) is 6.21. The normalized spacial score (nSPS) is 27.9. The van der Waals surface area contributed by atoms with Crippen molar-refractivity contribution in [3.63, 3.8) is 0 Å². The summed E-state index contributed by atoms with van der Waals surface area (Å²) in [7, 11) is -3.54. The average Bonchev–Trinajstić information content (AvgIpc) is 3.19. The first-order chi connectivity index (χ1) is 12.6. The molecule has 1 aliphatic heterocycles. The summed E-state index contributed by atoms with van der Waals surface area (Å²) in [6, 6.07) is 5.51. The number of alkyl halides is 2. The van der Waals surface area contributed by atoms with Gasteiger partial charge in [-0.1, -0.05) is 6.07 Å². The van der Waals surface area contributed by atoms with Crippen molar-refractivity contribution in [1.82, 2.24) is 9.21 Å². The number of hydrogen-bond acceptors (Lipinski definition) is 3. The second kappa shape index (κ2) is 6.61. The van der Waals surface area contributed by atoms with Gasteiger partial charge in [0.05, 0.1) is 10.3 Å². The van der Waals surface area contributed by atoms with E-state index >= 15 is 0 Å². The van der Waals surface area contributed by atoms with Crippen LogP contribution >= 0.6 is 23.2 Å². The second-order valence-electron chi connectivity index (χ2n) is 8.05. The smallest absolute Gasteiger partial charge is 0.243 e. The fourth-order valence-electron chi connectivity index (χ4n) is 4.13. The summed E-state index contributed by atoms with van der Waals surface area (Å²) < 4.78 is 26.6. The highest BCUT2D eigenvalue weighted by Crippen LogP contribution is 2.64. The van der Waals surface area contributed by atoms with Gasteiger partial charge in [0.2, 0.25) is 15.9 Å². The molecule has 0 aromatic heterocycles. The molecule has 1 saturated carbocycles. The number of hydrogen-bond donors (Lipinski definition) is 0. The van der Waals surface area contributed by atoms with Crippen LogP contribution in [0.3, 0.4) is 0 Å². The second-order valence-corrected chi connectivity index (χ2v) is 11.5. The van der Waals surface area contributed by atoms with Gasteiger partial charge in [-0.15, -0.1) is 23.2 Å². The van der Waals surface area contributed by atoms with Crippen LogP contribution in [-0.2, 0) is 27.7 Å². The van der Waals surface area contributed by atoms with E-state index in [0.29, 0.717) is 37.5 Å². The number of rotatable bonds is 3. The summed E-state index contributed by atoms with van der Waals surface area (Å²) in [5, 5.41) is 0. The number of nitrogens with zero attached hydrogens (tertiary/aromatic N) is 2. The minimum atomic E-state index is -3.54. The average molecular weight is 431 g/mol. The molecule has 1 atom stereocenters. The van der Waals surface area contributed by atoms with Crippen LogP contribution in [0.1, 0.15) is 37.3 Å². The van der Waals surface area contributed by atoms with Crippen molar-refractivity contribution in [2.24, 2.45) is 5.41 Å². The van der Waals surface area contributed by atoms with Crippen LogP contribution in [0.15, 0.2) is 23.1 Å². The zero-order valence-corrected chi connectivity index (χ0v) is 17.7. The number of sulfonamides is 1. The lowest BCUT2D eigenvalue weighted by atomic mass is 9.92. The van der Waals surface area contributed by atoms with Gasteiger partial charge in [-0.25, -0.2) is 8.42 Å². The van der Waals surface area contributed by atoms with Crippen molar-refractivity contribution in [3.8, 4) is 0 Å². The molecule has 1 amide bonds. The van der Waals surface area contributed by atoms with Crippen molar-refractivity contribution in [1.29, 1.82) is 0 Å². The summed E-state index contributed by atoms with van der Waals surface area (Å²) in [4.78, 5) is 14.7. The number of carbonyl (C=O) groups is 1. The maximum atomic E-state index is 13.0. The van der Waals surface area contributed by atoms with Crippen molar-refractivity contribution < 1.29 is 13.2 Å². The van der Waals surface area contributed by atoms with Gasteiger partial charge in [0.25, 0.3) is 0 Å². The van der Waals surface area contributed by atoms with Crippen molar-refractivity contribution in [2.45, 2.75) is 48.3 Å². The number of halogens is 2. The molecule has 3 aliphatic rings. The number of carbonyl (C=O) groups excluding carboxylic acids is 1. The highest BCUT2D eigenvalue weighted by atomic mass is 35.5. The Bertz CT molecular complexity index is 879. The quantitative estimate of drug-likeness (QED) is 0.692. The van der Waals surface area contributed by atoms with Gasteiger partial charge in [-0.2, -0.15) is 4.31 Å². The van der Waals surface area contributed by atoms with Gasteiger partial charge in [-0.3, -0.25) is 4.79 Å². The number of aryl methyl sites for hydroxylation is 2. The Morgan fingerprint density at radius 3 is 2.22 bits per heavy atom. The Balaban J connectivity index is 1.45. The molecule has 0 N–H and O–H groups in total. The minimum Gasteiger partial charge on any atom is -0.339 e. The van der Waals surface area contributed by atoms with E-state index in [9.17, 15) is 13.2 Å². The molecule has 2 fully saturated rings. The van der Waals surface area contributed by atoms with Crippen LogP contribution < -0.4 is 0 Å². The topological polar surface area (TPSA) is 57.7 Å². The van der Waals surface area contributed by atoms with Gasteiger partial charge < -0.3 is 4.90 Å². The number of amides is 1. The van der Waals surface area contributed by atoms with Crippen molar-refractivity contribution >= 4 is 39.1 Å². The summed E-state index contributed by atoms with van der Waals surface area (Å²) in [5.74, 6) is -0.0849. The molecule has 1 aromatic carbocycles. The van der Waals surface area contributed by atoms with E-state index in [-0.39, 0.29) is 5.91 Å². The maximum Gasteiger partial charge on any atom is 0.243 e. The molecule has 1 heterocycles. The van der Waals surface area contributed by atoms with Crippen LogP contribution in [0.2, 0.25) is 0 Å². The van der Waals surface area contributed by atoms with E-state index in [1.165, 1.54) is 16.3 Å². The van der Waals surface area contributed by atoms with E-state index in [2.05, 4.69) is 0 Å². The first-order valence-electron chi connectivity index (χ1n) is 9.44. The zero-order valence-electron chi connectivity index (χ0n) is 15.4. The molecule has 8 heteroatoms. The predicted molar refractivity (Wildman–Crippen MR) is 106 cm³/mol. The summed E-state index contributed by atoms with van der Waals surface area (Å²) in [6.45, 7) is 3.08. The van der Waals surface area contributed by atoms with E-state index in [1.54, 1.807) is 17.9 Å². The lowest BCUT2D eigenvalue weighted by Gasteiger charge is -2.35. The van der Waals surface area contributed by atoms with Gasteiger partial charge >= 0.3 is 0 Å². The fourth-order valence-corrected chi connectivity index (χ4v) is 6.30. The van der Waals surface area contributed by atoms with E-state index < -0.39 is 19.8 Å². The van der Waals surface area contributed by atoms with E-state index in [4.69, 9.17) is 23.2 Å². The number of piperazine rings is 1. The molecular formula is C19H24Cl2N2O3S. The molecule has 4 rings (SSSR count). The number of fused-ring (bicyclic) bond motifs is 1. The largest absolute Gasteiger partial charge is 0.339 e. The molecule has 0 spiro atoms. The van der Waals surface area contributed by atoms with Crippen LogP contribution in [0.25, 0.3) is 0 Å². The molecule has 1 saturated heterocycles. The predicted octanol–water partition coefficient (Wildman–Crippen LogP) is 2.98. The molecule has 148 valence electrons. The Kier molecular flexibility index (Phi) is 4.78. The third-order valence-corrected chi connectivity index (χ3v) is 9.21. The summed E-state index contributed by atoms with van der Waals surface area (Å²) >= 11 is 12.2. The standard InChI is InChI=1S/C19H24Cl2N2O3S/c1-18(13-19(18,20)21)17(24)22-8-10-23(11-9-22)27(25,26)16-7-6-14-4-2-3-5-15(14)12-16/h6-7,12H,2-5,8-11,13H2,1H3. The van der Waals surface area contributed by atoms with Crippen LogP contribution in [0.4, 0.5) is 0 Å². The Morgan fingerprint density at radius 2 is 1.63 bits per heavy atom. The molecule has 1 unspecified atom stereocenters. The highest BCUT2D eigenvalue weighted by molar-refractivity contribution is 7.89. The van der Waals surface area contributed by atoms with Gasteiger partial charge in [0.1, 0.15) is 4.33 Å². The summed E-state index contributed by atoms with van der Waals surface area (Å²) in [5.41, 5.74) is 1.66. The molecule has 0 bridgehead atoms. The number of benzene rings is 1. The Morgan fingerprint density at radius 1 is 1.04 bits per heavy atom. The fraction of sp³-hybridized carbons (Fsp3) is 0.632. The van der Waals surface area contributed by atoms with Crippen LogP contribution in [-0.4, -0.2) is 54.0 Å². The molecule has 2 aliphatic carbocycles. The monoisotopic (exact) mass is 430 g/mol. The van der Waals surface area contributed by atoms with Crippen LogP contribution in [0, 0.1) is 5.41 Å². The zero-order chi connectivity index (χ0) is 19.4. The Labute approximate surface area is 170 Å². The molecular weight excluding hydrogens is 407 g/mol. The first kappa shape index (κ1) is 19.5. The van der Waals surface area contributed by atoms with Crippen molar-refractivity contribution in [2.75, 3.05) is 26.2 Å². The molecule has 27 heavy (non-hydrogen) atoms. The summed E-state index contributed by atoms with van der Waals surface area (Å²) in [6.07, 6.45) is 4.68. The first-order valence-corrected chi connectivity index (χ1v) is 11.6. The SMILES string of the molecule is CC1(C(=O)N2CCN(S(=O)(=O)c3ccc4c(c3)CCCC4)CC2)CC1(Cl)Cl. The molecule has 5 nitrogen and oxygen atoms in total. The molecule has 0 radical (unpaired) electrons. The highest BCUT2D eigenvalue weighted by Gasteiger charge is 2.68.